The number of hydrogen-bond donors (Lipinski definition) is 1. The molecule has 6 atom stereocenters. The highest BCUT2D eigenvalue weighted by Crippen LogP contribution is 2.38. The highest BCUT2D eigenvalue weighted by Gasteiger charge is 2.52. The molecule has 0 radical (unpaired) electrons. The van der Waals surface area contributed by atoms with Crippen molar-refractivity contribution in [3.05, 3.63) is 82.2 Å². The molecule has 2 aromatic carbocycles. The van der Waals surface area contributed by atoms with E-state index in [4.69, 9.17) is 63.9 Å². The molecule has 9 nitrogen and oxygen atoms in total. The summed E-state index contributed by atoms with van der Waals surface area (Å²) in [6.45, 7) is 0.348. The van der Waals surface area contributed by atoms with E-state index in [9.17, 15) is 5.53 Å². The molecule has 0 bridgehead atoms. The molecule has 0 saturated carbocycles. The first kappa shape index (κ1) is 25.0. The third-order valence-electron chi connectivity index (χ3n) is 5.34. The Morgan fingerprint density at radius 1 is 1.09 bits per heavy atom. The van der Waals surface area contributed by atoms with Gasteiger partial charge in [-0.15, -0.1) is 0 Å². The van der Waals surface area contributed by atoms with Gasteiger partial charge in [-0.2, -0.15) is 0 Å². The maximum atomic E-state index is 9.25. The minimum absolute atomic E-state index is 0.138. The lowest BCUT2D eigenvalue weighted by atomic mass is 9.96. The number of halogens is 3. The van der Waals surface area contributed by atoms with Crippen molar-refractivity contribution in [1.29, 1.82) is 5.41 Å². The molecule has 2 aliphatic heterocycles. The minimum atomic E-state index is -2.13. The first-order valence-electron chi connectivity index (χ1n) is 10.4. The van der Waals surface area contributed by atoms with Crippen molar-refractivity contribution >= 4 is 40.7 Å². The van der Waals surface area contributed by atoms with Gasteiger partial charge >= 0.3 is 0 Å². The van der Waals surface area contributed by atoms with Gasteiger partial charge in [0.1, 0.15) is 24.4 Å². The van der Waals surface area contributed by atoms with Crippen LogP contribution in [0.15, 0.2) is 65.8 Å². The van der Waals surface area contributed by atoms with Crippen molar-refractivity contribution in [2.45, 2.75) is 47.3 Å². The summed E-state index contributed by atoms with van der Waals surface area (Å²) < 4.78 is 27.6. The quantitative estimate of drug-likeness (QED) is 0.134. The molecule has 0 aromatic heterocycles. The number of azide groups is 1. The number of hydrogen-bond acceptors (Lipinski definition) is 7. The van der Waals surface area contributed by atoms with Crippen LogP contribution in [0.25, 0.3) is 10.4 Å². The monoisotopic (exact) mass is 526 g/mol. The van der Waals surface area contributed by atoms with Gasteiger partial charge in [-0.3, -0.25) is 5.41 Å². The third-order valence-corrected chi connectivity index (χ3v) is 5.86. The Labute approximate surface area is 210 Å². The van der Waals surface area contributed by atoms with Gasteiger partial charge in [-0.25, -0.2) is 0 Å². The summed E-state index contributed by atoms with van der Waals surface area (Å²) in [7, 11) is 0. The largest absolute Gasteiger partial charge is 0.448 e. The highest BCUT2D eigenvalue weighted by atomic mass is 35.6. The summed E-state index contributed by atoms with van der Waals surface area (Å²) in [6.07, 6.45) is -4.06. The van der Waals surface area contributed by atoms with E-state index >= 15 is 0 Å². The van der Waals surface area contributed by atoms with Crippen molar-refractivity contribution in [1.82, 2.24) is 0 Å². The summed E-state index contributed by atoms with van der Waals surface area (Å²) in [4.78, 5) is 2.93. The van der Waals surface area contributed by atoms with Crippen LogP contribution < -0.4 is 0 Å². The summed E-state index contributed by atoms with van der Waals surface area (Å²) in [5, 5.41) is 11.8. The van der Waals surface area contributed by atoms with Crippen molar-refractivity contribution in [3.8, 4) is 0 Å². The highest BCUT2D eigenvalue weighted by molar-refractivity contribution is 6.76. The van der Waals surface area contributed by atoms with Crippen LogP contribution in [0.1, 0.15) is 17.4 Å². The van der Waals surface area contributed by atoms with Gasteiger partial charge in [-0.1, -0.05) is 101 Å². The van der Waals surface area contributed by atoms with Crippen LogP contribution in [0.2, 0.25) is 0 Å². The van der Waals surface area contributed by atoms with Crippen molar-refractivity contribution in [3.63, 3.8) is 0 Å². The lowest BCUT2D eigenvalue weighted by molar-refractivity contribution is -0.339. The van der Waals surface area contributed by atoms with Crippen LogP contribution in [0.3, 0.4) is 0 Å². The average Bonchev–Trinajstić information content (AvgIpc) is 2.84. The van der Waals surface area contributed by atoms with E-state index in [1.165, 1.54) is 0 Å². The van der Waals surface area contributed by atoms with Crippen LogP contribution in [-0.2, 0) is 30.3 Å². The molecule has 34 heavy (non-hydrogen) atoms. The summed E-state index contributed by atoms with van der Waals surface area (Å²) in [5.74, 6) is -0.680. The van der Waals surface area contributed by atoms with Crippen molar-refractivity contribution < 1.29 is 23.7 Å². The third kappa shape index (κ3) is 5.94. The number of nitrogens with one attached hydrogen (secondary N) is 1. The molecular weight excluding hydrogens is 507 g/mol. The zero-order chi connectivity index (χ0) is 24.1. The van der Waals surface area contributed by atoms with Gasteiger partial charge in [0.05, 0.1) is 13.2 Å². The number of rotatable bonds is 6. The Hall–Kier alpha value is -2.07. The zero-order valence-corrected chi connectivity index (χ0v) is 19.9. The van der Waals surface area contributed by atoms with E-state index in [1.54, 1.807) is 0 Å². The fraction of sp³-hybridized carbons (Fsp3) is 0.409. The lowest BCUT2D eigenvalue weighted by Crippen LogP contribution is -2.62. The predicted octanol–water partition coefficient (Wildman–Crippen LogP) is 5.45. The van der Waals surface area contributed by atoms with Crippen LogP contribution >= 0.6 is 34.8 Å². The molecule has 0 aliphatic carbocycles. The first-order valence-corrected chi connectivity index (χ1v) is 11.5. The van der Waals surface area contributed by atoms with Crippen LogP contribution in [0.5, 0.6) is 0 Å². The lowest BCUT2D eigenvalue weighted by Gasteiger charge is -2.48. The smallest absolute Gasteiger partial charge is 0.265 e. The molecule has 2 saturated heterocycles. The van der Waals surface area contributed by atoms with Gasteiger partial charge in [0.2, 0.25) is 12.2 Å². The number of ether oxygens (including phenoxy) is 5. The molecule has 2 aliphatic rings. The molecule has 1 unspecified atom stereocenters. The van der Waals surface area contributed by atoms with Crippen LogP contribution in [0, 0.1) is 5.41 Å². The van der Waals surface area contributed by atoms with Crippen molar-refractivity contribution in [2.24, 2.45) is 5.11 Å². The molecule has 2 aromatic rings. The van der Waals surface area contributed by atoms with E-state index in [-0.39, 0.29) is 13.2 Å². The molecule has 0 amide bonds. The maximum absolute atomic E-state index is 9.25. The molecule has 4 rings (SSSR count). The second kappa shape index (κ2) is 11.1. The summed E-state index contributed by atoms with van der Waals surface area (Å²) in [5.41, 5.74) is 11.0. The van der Waals surface area contributed by atoms with E-state index in [0.717, 1.165) is 11.1 Å². The Kier molecular flexibility index (Phi) is 8.18. The Morgan fingerprint density at radius 2 is 1.76 bits per heavy atom. The summed E-state index contributed by atoms with van der Waals surface area (Å²) in [6, 6.07) is 17.9. The molecule has 180 valence electrons. The second-order valence-corrected chi connectivity index (χ2v) is 9.90. The molecule has 1 N–H and O–H groups in total. The van der Waals surface area contributed by atoms with E-state index in [2.05, 4.69) is 10.0 Å². The molecule has 12 heteroatoms. The zero-order valence-electron chi connectivity index (χ0n) is 17.7. The SMILES string of the molecule is [N-]=[N+]=N[C@H]1C(OC(=N)C(Cl)(Cl)Cl)O[C@@H]2CO[C@@H](c3ccccc3)O[C@H]2[C@@H]1OCc1ccccc1. The topological polar surface area (TPSA) is 119 Å². The summed E-state index contributed by atoms with van der Waals surface area (Å²) >= 11 is 17.3. The molecule has 2 fully saturated rings. The van der Waals surface area contributed by atoms with Gasteiger partial charge in [0.15, 0.2) is 6.29 Å². The van der Waals surface area contributed by atoms with Gasteiger partial charge in [0.25, 0.3) is 3.79 Å². The Bertz CT molecular complexity index is 1020. The fourth-order valence-corrected chi connectivity index (χ4v) is 3.89. The first-order chi connectivity index (χ1) is 16.4. The predicted molar refractivity (Wildman–Crippen MR) is 126 cm³/mol. The molecule has 0 spiro atoms. The van der Waals surface area contributed by atoms with Crippen LogP contribution in [0.4, 0.5) is 0 Å². The van der Waals surface area contributed by atoms with Crippen molar-refractivity contribution in [2.75, 3.05) is 6.61 Å². The normalized spacial score (nSPS) is 28.9. The average molecular weight is 528 g/mol. The van der Waals surface area contributed by atoms with Gasteiger partial charge in [-0.05, 0) is 11.1 Å². The van der Waals surface area contributed by atoms with E-state index in [0.29, 0.717) is 0 Å². The number of fused-ring (bicyclic) bond motifs is 1. The van der Waals surface area contributed by atoms with E-state index in [1.807, 2.05) is 60.7 Å². The molecular formula is C22H21Cl3N4O5. The van der Waals surface area contributed by atoms with Gasteiger partial charge < -0.3 is 23.7 Å². The number of alkyl halides is 3. The maximum Gasteiger partial charge on any atom is 0.265 e. The Morgan fingerprint density at radius 3 is 2.41 bits per heavy atom. The fourth-order valence-electron chi connectivity index (χ4n) is 3.76. The Balaban J connectivity index is 1.61. The van der Waals surface area contributed by atoms with Crippen LogP contribution in [-0.4, -0.2) is 46.9 Å². The standard InChI is InChI=1S/C22H21Cl3N4O5/c23-22(24,25)21(26)34-20-16(28-29-27)18(30-11-13-7-3-1-4-8-13)17-15(32-20)12-31-19(33-17)14-9-5-2-6-10-14/h1-10,15-20,26H,11-12H2/t15-,16-,17-,18-,19-,20?/m1/s1. The minimum Gasteiger partial charge on any atom is -0.448 e. The number of benzene rings is 2. The van der Waals surface area contributed by atoms with E-state index < -0.39 is 46.6 Å². The number of nitrogens with zero attached hydrogens (tertiary/aromatic N) is 3. The van der Waals surface area contributed by atoms with Gasteiger partial charge in [0, 0.05) is 10.5 Å². The second-order valence-electron chi connectivity index (χ2n) is 7.62. The molecule has 2 heterocycles.